The van der Waals surface area contributed by atoms with Crippen LogP contribution in [0, 0.1) is 5.41 Å². The first kappa shape index (κ1) is 15.5. The number of carbonyl (C=O) groups is 2. The summed E-state index contributed by atoms with van der Waals surface area (Å²) < 4.78 is 4.82. The second-order valence-electron chi connectivity index (χ2n) is 5.79. The number of pyridine rings is 1. The first-order valence-electron chi connectivity index (χ1n) is 7.31. The predicted octanol–water partition coefficient (Wildman–Crippen LogP) is 1.82. The maximum atomic E-state index is 12.2. The Hall–Kier alpha value is -1.91. The molecule has 1 aromatic heterocycles. The molecule has 5 heteroatoms. The molecule has 1 aromatic rings. The van der Waals surface area contributed by atoms with E-state index in [1.54, 1.807) is 11.1 Å². The van der Waals surface area contributed by atoms with Crippen LogP contribution in [-0.4, -0.2) is 42.0 Å². The van der Waals surface area contributed by atoms with E-state index in [2.05, 4.69) is 4.98 Å². The molecule has 1 aliphatic heterocycles. The zero-order chi connectivity index (χ0) is 15.3. The number of likely N-dealkylation sites (tertiary alicyclic amines) is 1. The van der Waals surface area contributed by atoms with Gasteiger partial charge < -0.3 is 9.64 Å². The van der Waals surface area contributed by atoms with Crippen LogP contribution in [-0.2, 0) is 20.7 Å². The Bertz CT molecular complexity index is 504. The summed E-state index contributed by atoms with van der Waals surface area (Å²) in [5, 5.41) is 0. The molecule has 1 saturated heterocycles. The van der Waals surface area contributed by atoms with Crippen LogP contribution in [0.15, 0.2) is 24.4 Å². The smallest absolute Gasteiger partial charge is 0.313 e. The summed E-state index contributed by atoms with van der Waals surface area (Å²) in [5.41, 5.74) is 0.455. The van der Waals surface area contributed by atoms with Gasteiger partial charge in [0.15, 0.2) is 0 Å². The number of ether oxygens (including phenoxy) is 1. The molecule has 5 nitrogen and oxygen atoms in total. The van der Waals surface area contributed by atoms with Gasteiger partial charge in [0.1, 0.15) is 0 Å². The zero-order valence-electron chi connectivity index (χ0n) is 12.7. The van der Waals surface area contributed by atoms with Crippen molar-refractivity contribution in [3.8, 4) is 0 Å². The van der Waals surface area contributed by atoms with Crippen molar-refractivity contribution >= 4 is 11.9 Å². The average Bonchev–Trinajstić information content (AvgIpc) is 2.91. The lowest BCUT2D eigenvalue weighted by molar-refractivity contribution is -0.151. The van der Waals surface area contributed by atoms with Gasteiger partial charge in [0.25, 0.3) is 0 Å². The number of methoxy groups -OCH3 is 1. The van der Waals surface area contributed by atoms with Gasteiger partial charge in [0, 0.05) is 31.4 Å². The van der Waals surface area contributed by atoms with E-state index in [1.807, 2.05) is 25.1 Å². The molecule has 0 bridgehead atoms. The van der Waals surface area contributed by atoms with E-state index in [-0.39, 0.29) is 11.9 Å². The van der Waals surface area contributed by atoms with Crippen molar-refractivity contribution in [1.82, 2.24) is 9.88 Å². The standard InChI is InChI=1S/C16H22N2O3/c1-16(15(20)21-2)9-11-18(12-16)14(19)8-5-7-13-6-3-4-10-17-13/h3-4,6,10H,5,7-9,11-12H2,1-2H3. The molecule has 0 radical (unpaired) electrons. The van der Waals surface area contributed by atoms with E-state index in [4.69, 9.17) is 4.74 Å². The molecule has 1 atom stereocenters. The number of amides is 1. The van der Waals surface area contributed by atoms with E-state index >= 15 is 0 Å². The number of rotatable bonds is 5. The van der Waals surface area contributed by atoms with Crippen molar-refractivity contribution in [2.24, 2.45) is 5.41 Å². The molecule has 2 heterocycles. The third kappa shape index (κ3) is 3.80. The molecule has 1 fully saturated rings. The number of hydrogen-bond donors (Lipinski definition) is 0. The van der Waals surface area contributed by atoms with Gasteiger partial charge in [0.05, 0.1) is 12.5 Å². The fraction of sp³-hybridized carbons (Fsp3) is 0.562. The number of hydrogen-bond acceptors (Lipinski definition) is 4. The second-order valence-corrected chi connectivity index (χ2v) is 5.79. The van der Waals surface area contributed by atoms with Crippen LogP contribution in [0.1, 0.15) is 31.9 Å². The number of carbonyl (C=O) groups excluding carboxylic acids is 2. The van der Waals surface area contributed by atoms with Crippen LogP contribution < -0.4 is 0 Å². The highest BCUT2D eigenvalue weighted by Crippen LogP contribution is 2.31. The van der Waals surface area contributed by atoms with E-state index in [0.29, 0.717) is 25.9 Å². The Labute approximate surface area is 125 Å². The largest absolute Gasteiger partial charge is 0.469 e. The Morgan fingerprint density at radius 3 is 2.90 bits per heavy atom. The Morgan fingerprint density at radius 1 is 1.43 bits per heavy atom. The first-order valence-corrected chi connectivity index (χ1v) is 7.31. The maximum absolute atomic E-state index is 12.2. The Morgan fingerprint density at radius 2 is 2.24 bits per heavy atom. The summed E-state index contributed by atoms with van der Waals surface area (Å²) in [4.78, 5) is 29.9. The van der Waals surface area contributed by atoms with Crippen LogP contribution in [0.2, 0.25) is 0 Å². The fourth-order valence-electron chi connectivity index (χ4n) is 2.71. The molecule has 0 aromatic carbocycles. The van der Waals surface area contributed by atoms with Gasteiger partial charge in [-0.15, -0.1) is 0 Å². The van der Waals surface area contributed by atoms with Gasteiger partial charge in [0.2, 0.25) is 5.91 Å². The lowest BCUT2D eigenvalue weighted by atomic mass is 9.90. The van der Waals surface area contributed by atoms with Crippen LogP contribution in [0.5, 0.6) is 0 Å². The minimum atomic E-state index is -0.550. The first-order chi connectivity index (χ1) is 10.0. The minimum Gasteiger partial charge on any atom is -0.469 e. The summed E-state index contributed by atoms with van der Waals surface area (Å²) in [5.74, 6) is -0.121. The summed E-state index contributed by atoms with van der Waals surface area (Å²) in [7, 11) is 1.39. The second kappa shape index (κ2) is 6.70. The molecule has 0 spiro atoms. The zero-order valence-corrected chi connectivity index (χ0v) is 12.7. The maximum Gasteiger partial charge on any atom is 0.313 e. The van der Waals surface area contributed by atoms with Crippen LogP contribution in [0.25, 0.3) is 0 Å². The van der Waals surface area contributed by atoms with Gasteiger partial charge in [-0.3, -0.25) is 14.6 Å². The van der Waals surface area contributed by atoms with Crippen LogP contribution >= 0.6 is 0 Å². The highest BCUT2D eigenvalue weighted by Gasteiger charge is 2.42. The normalized spacial score (nSPS) is 21.3. The topological polar surface area (TPSA) is 59.5 Å². The number of nitrogens with zero attached hydrogens (tertiary/aromatic N) is 2. The van der Waals surface area contributed by atoms with Crippen LogP contribution in [0.3, 0.4) is 0 Å². The van der Waals surface area contributed by atoms with Gasteiger partial charge in [-0.05, 0) is 38.3 Å². The van der Waals surface area contributed by atoms with Gasteiger partial charge in [-0.2, -0.15) is 0 Å². The van der Waals surface area contributed by atoms with E-state index in [9.17, 15) is 9.59 Å². The van der Waals surface area contributed by atoms with Crippen molar-refractivity contribution in [2.45, 2.75) is 32.6 Å². The lowest BCUT2D eigenvalue weighted by Crippen LogP contribution is -2.35. The molecule has 1 amide bonds. The molecule has 1 aliphatic rings. The Balaban J connectivity index is 1.78. The molecule has 21 heavy (non-hydrogen) atoms. The molecule has 1 unspecified atom stereocenters. The number of aryl methyl sites for hydroxylation is 1. The third-order valence-corrected chi connectivity index (χ3v) is 4.05. The lowest BCUT2D eigenvalue weighted by Gasteiger charge is -2.21. The summed E-state index contributed by atoms with van der Waals surface area (Å²) in [6, 6.07) is 5.80. The number of aromatic nitrogens is 1. The van der Waals surface area contributed by atoms with E-state index < -0.39 is 5.41 Å². The van der Waals surface area contributed by atoms with Crippen molar-refractivity contribution in [2.75, 3.05) is 20.2 Å². The summed E-state index contributed by atoms with van der Waals surface area (Å²) in [6.45, 7) is 2.95. The fourth-order valence-corrected chi connectivity index (χ4v) is 2.71. The van der Waals surface area contributed by atoms with Crippen molar-refractivity contribution in [1.29, 1.82) is 0 Å². The van der Waals surface area contributed by atoms with Crippen molar-refractivity contribution in [3.63, 3.8) is 0 Å². The Kier molecular flexibility index (Phi) is 4.94. The molecule has 0 aliphatic carbocycles. The van der Waals surface area contributed by atoms with Crippen molar-refractivity contribution in [3.05, 3.63) is 30.1 Å². The van der Waals surface area contributed by atoms with Gasteiger partial charge >= 0.3 is 5.97 Å². The highest BCUT2D eigenvalue weighted by molar-refractivity contribution is 5.81. The SMILES string of the molecule is COC(=O)C1(C)CCN(C(=O)CCCc2ccccn2)C1. The minimum absolute atomic E-state index is 0.110. The monoisotopic (exact) mass is 290 g/mol. The number of esters is 1. The van der Waals surface area contributed by atoms with Crippen LogP contribution in [0.4, 0.5) is 0 Å². The highest BCUT2D eigenvalue weighted by atomic mass is 16.5. The molecule has 114 valence electrons. The third-order valence-electron chi connectivity index (χ3n) is 4.05. The molecule has 0 saturated carbocycles. The average molecular weight is 290 g/mol. The molecular formula is C16H22N2O3. The molecule has 0 N–H and O–H groups in total. The summed E-state index contributed by atoms with van der Waals surface area (Å²) in [6.07, 6.45) is 4.51. The van der Waals surface area contributed by atoms with E-state index in [1.165, 1.54) is 7.11 Å². The quantitative estimate of drug-likeness (QED) is 0.776. The van der Waals surface area contributed by atoms with E-state index in [0.717, 1.165) is 18.5 Å². The van der Waals surface area contributed by atoms with Crippen molar-refractivity contribution < 1.29 is 14.3 Å². The van der Waals surface area contributed by atoms with Gasteiger partial charge in [-0.1, -0.05) is 6.07 Å². The predicted molar refractivity (Wildman–Crippen MR) is 78.5 cm³/mol. The summed E-state index contributed by atoms with van der Waals surface area (Å²) >= 11 is 0. The van der Waals surface area contributed by atoms with Gasteiger partial charge in [-0.25, -0.2) is 0 Å². The molecule has 2 rings (SSSR count). The molecular weight excluding hydrogens is 268 g/mol.